The Morgan fingerprint density at radius 3 is 2.33 bits per heavy atom. The second-order valence-corrected chi connectivity index (χ2v) is 6.21. The molecule has 0 heterocycles. The van der Waals surface area contributed by atoms with Gasteiger partial charge in [-0.25, -0.2) is 4.79 Å². The lowest BCUT2D eigenvalue weighted by atomic mass is 10.0. The Morgan fingerprint density at radius 2 is 1.79 bits per heavy atom. The number of ether oxygens (including phenoxy) is 1. The third-order valence-corrected chi connectivity index (χ3v) is 3.57. The van der Waals surface area contributed by atoms with Crippen molar-refractivity contribution in [3.63, 3.8) is 0 Å². The number of hydrogen-bond acceptors (Lipinski definition) is 5. The van der Waals surface area contributed by atoms with Gasteiger partial charge >= 0.3 is 5.97 Å². The molecule has 1 rings (SSSR count). The van der Waals surface area contributed by atoms with Crippen molar-refractivity contribution in [3.05, 3.63) is 35.9 Å². The standard InChI is InChI=1S/C18H26N2O4/c1-12(2)9-15(18(23)24-3)20-17(22)11-16(21)14(19)10-13-7-5-4-6-8-13/h4-8,12,14-15H,9-11,19H2,1-3H3,(H,20,22)/t14-,15+/m1/s1. The molecular weight excluding hydrogens is 308 g/mol. The Balaban J connectivity index is 2.55. The first-order valence-electron chi connectivity index (χ1n) is 8.02. The predicted molar refractivity (Wildman–Crippen MR) is 91.1 cm³/mol. The van der Waals surface area contributed by atoms with Gasteiger partial charge in [-0.3, -0.25) is 9.59 Å². The quantitative estimate of drug-likeness (QED) is 0.522. The highest BCUT2D eigenvalue weighted by Crippen LogP contribution is 2.07. The van der Waals surface area contributed by atoms with Gasteiger partial charge in [-0.15, -0.1) is 0 Å². The molecule has 0 saturated carbocycles. The number of nitrogens with two attached hydrogens (primary N) is 1. The summed E-state index contributed by atoms with van der Waals surface area (Å²) in [7, 11) is 1.27. The molecule has 0 aliphatic heterocycles. The van der Waals surface area contributed by atoms with Gasteiger partial charge < -0.3 is 15.8 Å². The van der Waals surface area contributed by atoms with Crippen LogP contribution in [0.2, 0.25) is 0 Å². The van der Waals surface area contributed by atoms with Gasteiger partial charge in [0.05, 0.1) is 19.6 Å². The van der Waals surface area contributed by atoms with Crippen LogP contribution in [0.1, 0.15) is 32.3 Å². The highest BCUT2D eigenvalue weighted by atomic mass is 16.5. The fraction of sp³-hybridized carbons (Fsp3) is 0.500. The summed E-state index contributed by atoms with van der Waals surface area (Å²) in [4.78, 5) is 35.8. The molecule has 0 spiro atoms. The van der Waals surface area contributed by atoms with Gasteiger partial charge in [-0.05, 0) is 24.3 Å². The molecule has 6 nitrogen and oxygen atoms in total. The lowest BCUT2D eigenvalue weighted by Crippen LogP contribution is -2.44. The van der Waals surface area contributed by atoms with E-state index in [9.17, 15) is 14.4 Å². The van der Waals surface area contributed by atoms with E-state index in [4.69, 9.17) is 5.73 Å². The van der Waals surface area contributed by atoms with Crippen molar-refractivity contribution in [1.29, 1.82) is 0 Å². The first-order valence-corrected chi connectivity index (χ1v) is 8.02. The molecule has 2 atom stereocenters. The van der Waals surface area contributed by atoms with Crippen molar-refractivity contribution in [2.75, 3.05) is 7.11 Å². The van der Waals surface area contributed by atoms with Crippen LogP contribution in [0.25, 0.3) is 0 Å². The number of benzene rings is 1. The predicted octanol–water partition coefficient (Wildman–Crippen LogP) is 1.22. The van der Waals surface area contributed by atoms with E-state index in [1.165, 1.54) is 7.11 Å². The zero-order valence-corrected chi connectivity index (χ0v) is 14.5. The summed E-state index contributed by atoms with van der Waals surface area (Å²) in [6, 6.07) is 7.87. The number of carbonyl (C=O) groups is 3. The van der Waals surface area contributed by atoms with Gasteiger partial charge in [0.15, 0.2) is 5.78 Å². The third kappa shape index (κ3) is 6.91. The lowest BCUT2D eigenvalue weighted by molar-refractivity contribution is -0.146. The van der Waals surface area contributed by atoms with E-state index in [1.54, 1.807) is 0 Å². The number of amides is 1. The fourth-order valence-corrected chi connectivity index (χ4v) is 2.34. The van der Waals surface area contributed by atoms with Crippen molar-refractivity contribution in [2.45, 2.75) is 45.2 Å². The first kappa shape index (κ1) is 19.8. The number of Topliss-reactive ketones (excluding diaryl/α,β-unsaturated/α-hetero) is 1. The molecule has 3 N–H and O–H groups in total. The van der Waals surface area contributed by atoms with Crippen molar-refractivity contribution in [3.8, 4) is 0 Å². The number of nitrogens with one attached hydrogen (secondary N) is 1. The average Bonchev–Trinajstić information content (AvgIpc) is 2.53. The molecule has 0 fully saturated rings. The second kappa shape index (κ2) is 9.82. The molecule has 0 aromatic heterocycles. The highest BCUT2D eigenvalue weighted by molar-refractivity contribution is 6.01. The van der Waals surface area contributed by atoms with E-state index in [-0.39, 0.29) is 18.1 Å². The summed E-state index contributed by atoms with van der Waals surface area (Å²) in [5.41, 5.74) is 6.81. The van der Waals surface area contributed by atoms with E-state index in [0.29, 0.717) is 12.8 Å². The molecule has 0 aliphatic carbocycles. The van der Waals surface area contributed by atoms with Crippen LogP contribution < -0.4 is 11.1 Å². The summed E-state index contributed by atoms with van der Waals surface area (Å²) in [5.74, 6) is -1.19. The summed E-state index contributed by atoms with van der Waals surface area (Å²) >= 11 is 0. The Bertz CT molecular complexity index is 557. The molecule has 1 aromatic rings. The number of methoxy groups -OCH3 is 1. The molecule has 132 valence electrons. The number of rotatable bonds is 9. The van der Waals surface area contributed by atoms with Crippen LogP contribution in [0.3, 0.4) is 0 Å². The van der Waals surface area contributed by atoms with Gasteiger partial charge in [0.1, 0.15) is 6.04 Å². The summed E-state index contributed by atoms with van der Waals surface area (Å²) in [5, 5.41) is 2.56. The first-order chi connectivity index (χ1) is 11.3. The van der Waals surface area contributed by atoms with Gasteiger partial charge in [0.2, 0.25) is 5.91 Å². The van der Waals surface area contributed by atoms with Crippen LogP contribution >= 0.6 is 0 Å². The number of carbonyl (C=O) groups excluding carboxylic acids is 3. The maximum absolute atomic E-state index is 12.1. The second-order valence-electron chi connectivity index (χ2n) is 6.21. The Hall–Kier alpha value is -2.21. The topological polar surface area (TPSA) is 98.5 Å². The van der Waals surface area contributed by atoms with Gasteiger partial charge in [0.25, 0.3) is 0 Å². The minimum Gasteiger partial charge on any atom is -0.467 e. The molecule has 24 heavy (non-hydrogen) atoms. The molecule has 0 aliphatic rings. The molecular formula is C18H26N2O4. The number of ketones is 1. The largest absolute Gasteiger partial charge is 0.467 e. The Morgan fingerprint density at radius 1 is 1.17 bits per heavy atom. The van der Waals surface area contributed by atoms with Crippen LogP contribution in [0.5, 0.6) is 0 Å². The van der Waals surface area contributed by atoms with Crippen molar-refractivity contribution < 1.29 is 19.1 Å². The zero-order chi connectivity index (χ0) is 18.1. The number of esters is 1. The molecule has 0 unspecified atom stereocenters. The molecule has 0 radical (unpaired) electrons. The van der Waals surface area contributed by atoms with E-state index >= 15 is 0 Å². The molecule has 1 aromatic carbocycles. The lowest BCUT2D eigenvalue weighted by Gasteiger charge is -2.18. The minimum absolute atomic E-state index is 0.199. The Labute approximate surface area is 142 Å². The third-order valence-electron chi connectivity index (χ3n) is 3.57. The van der Waals surface area contributed by atoms with Crippen LogP contribution in [-0.2, 0) is 25.5 Å². The normalized spacial score (nSPS) is 13.2. The summed E-state index contributed by atoms with van der Waals surface area (Å²) in [6.45, 7) is 3.87. The zero-order valence-electron chi connectivity index (χ0n) is 14.5. The van der Waals surface area contributed by atoms with E-state index in [1.807, 2.05) is 44.2 Å². The Kier molecular flexibility index (Phi) is 8.12. The molecule has 0 saturated heterocycles. The smallest absolute Gasteiger partial charge is 0.328 e. The van der Waals surface area contributed by atoms with Gasteiger partial charge in [-0.2, -0.15) is 0 Å². The van der Waals surface area contributed by atoms with E-state index in [0.717, 1.165) is 5.56 Å². The highest BCUT2D eigenvalue weighted by Gasteiger charge is 2.25. The van der Waals surface area contributed by atoms with Crippen molar-refractivity contribution >= 4 is 17.7 Å². The van der Waals surface area contributed by atoms with E-state index < -0.39 is 24.0 Å². The molecule has 0 bridgehead atoms. The maximum Gasteiger partial charge on any atom is 0.328 e. The van der Waals surface area contributed by atoms with Crippen LogP contribution in [0, 0.1) is 5.92 Å². The van der Waals surface area contributed by atoms with Crippen LogP contribution in [0.15, 0.2) is 30.3 Å². The monoisotopic (exact) mass is 334 g/mol. The van der Waals surface area contributed by atoms with Gasteiger partial charge in [-0.1, -0.05) is 44.2 Å². The summed E-state index contributed by atoms with van der Waals surface area (Å²) < 4.78 is 4.68. The number of hydrogen-bond donors (Lipinski definition) is 2. The summed E-state index contributed by atoms with van der Waals surface area (Å²) in [6.07, 6.45) is 0.474. The van der Waals surface area contributed by atoms with Crippen LogP contribution in [-0.4, -0.2) is 36.9 Å². The van der Waals surface area contributed by atoms with Crippen molar-refractivity contribution in [1.82, 2.24) is 5.32 Å². The van der Waals surface area contributed by atoms with Crippen molar-refractivity contribution in [2.24, 2.45) is 11.7 Å². The minimum atomic E-state index is -0.750. The average molecular weight is 334 g/mol. The van der Waals surface area contributed by atoms with E-state index in [2.05, 4.69) is 10.1 Å². The fourth-order valence-electron chi connectivity index (χ4n) is 2.34. The molecule has 6 heteroatoms. The van der Waals surface area contributed by atoms with Crippen LogP contribution in [0.4, 0.5) is 0 Å². The van der Waals surface area contributed by atoms with Gasteiger partial charge in [0, 0.05) is 0 Å². The SMILES string of the molecule is COC(=O)[C@H](CC(C)C)NC(=O)CC(=O)[C@H](N)Cc1ccccc1. The molecule has 1 amide bonds. The maximum atomic E-state index is 12.1.